The highest BCUT2D eigenvalue weighted by atomic mass is 79.9. The summed E-state index contributed by atoms with van der Waals surface area (Å²) >= 11 is 3.11. The van der Waals surface area contributed by atoms with Gasteiger partial charge in [0, 0.05) is 0 Å². The average molecular weight is 289 g/mol. The van der Waals surface area contributed by atoms with E-state index in [9.17, 15) is 9.59 Å². The molecule has 0 amide bonds. The molecule has 0 aliphatic rings. The number of carbonyl (C=O) groups is 2. The van der Waals surface area contributed by atoms with E-state index in [-0.39, 0.29) is 15.8 Å². The van der Waals surface area contributed by atoms with Gasteiger partial charge in [0.05, 0.1) is 24.3 Å². The standard InChI is InChI=1S/C10H9BrO5/c1-15-5-3-4-6(16-2)8(11)7(5)9(12)10(13)14/h3-4H,1-2H3,(H,13,14). The van der Waals surface area contributed by atoms with Crippen LogP contribution in [0.1, 0.15) is 10.4 Å². The highest BCUT2D eigenvalue weighted by Gasteiger charge is 2.24. The minimum Gasteiger partial charge on any atom is -0.496 e. The molecule has 6 heteroatoms. The molecule has 1 aromatic carbocycles. The first kappa shape index (κ1) is 12.5. The van der Waals surface area contributed by atoms with Gasteiger partial charge in [-0.3, -0.25) is 4.79 Å². The van der Waals surface area contributed by atoms with Gasteiger partial charge in [0.15, 0.2) is 0 Å². The minimum absolute atomic E-state index is 0.0608. The van der Waals surface area contributed by atoms with E-state index >= 15 is 0 Å². The van der Waals surface area contributed by atoms with Crippen LogP contribution in [0, 0.1) is 0 Å². The molecule has 86 valence electrons. The van der Waals surface area contributed by atoms with E-state index in [2.05, 4.69) is 15.9 Å². The molecule has 0 aliphatic heterocycles. The summed E-state index contributed by atoms with van der Waals surface area (Å²) in [6, 6.07) is 3.04. The van der Waals surface area contributed by atoms with E-state index in [1.54, 1.807) is 6.07 Å². The van der Waals surface area contributed by atoms with Crippen LogP contribution in [-0.2, 0) is 4.79 Å². The summed E-state index contributed by atoms with van der Waals surface area (Å²) in [5.41, 5.74) is -0.0608. The first-order valence-electron chi connectivity index (χ1n) is 4.21. The smallest absolute Gasteiger partial charge is 0.377 e. The molecule has 0 atom stereocenters. The fourth-order valence-electron chi connectivity index (χ4n) is 1.19. The lowest BCUT2D eigenvalue weighted by Gasteiger charge is -2.10. The van der Waals surface area contributed by atoms with Crippen LogP contribution >= 0.6 is 15.9 Å². The van der Waals surface area contributed by atoms with E-state index in [0.29, 0.717) is 5.75 Å². The van der Waals surface area contributed by atoms with E-state index in [1.807, 2.05) is 0 Å². The Balaban J connectivity index is 3.43. The number of rotatable bonds is 4. The molecule has 1 aromatic rings. The maximum atomic E-state index is 11.4. The molecule has 5 nitrogen and oxygen atoms in total. The third-order valence-electron chi connectivity index (χ3n) is 1.93. The summed E-state index contributed by atoms with van der Waals surface area (Å²) in [7, 11) is 2.77. The number of halogens is 1. The summed E-state index contributed by atoms with van der Waals surface area (Å²) in [5, 5.41) is 8.68. The largest absolute Gasteiger partial charge is 0.496 e. The average Bonchev–Trinajstić information content (AvgIpc) is 2.27. The number of ether oxygens (including phenoxy) is 2. The fourth-order valence-corrected chi connectivity index (χ4v) is 1.85. The number of benzene rings is 1. The number of Topliss-reactive ketones (excluding diaryl/α,β-unsaturated/α-hetero) is 1. The molecular weight excluding hydrogens is 280 g/mol. The summed E-state index contributed by atoms with van der Waals surface area (Å²) in [6.07, 6.45) is 0. The van der Waals surface area contributed by atoms with Crippen molar-refractivity contribution in [2.24, 2.45) is 0 Å². The highest BCUT2D eigenvalue weighted by molar-refractivity contribution is 9.10. The zero-order valence-electron chi connectivity index (χ0n) is 8.61. The Morgan fingerprint density at radius 3 is 2.12 bits per heavy atom. The van der Waals surface area contributed by atoms with E-state index in [0.717, 1.165) is 0 Å². The molecule has 0 radical (unpaired) electrons. The van der Waals surface area contributed by atoms with Crippen molar-refractivity contribution in [3.8, 4) is 11.5 Å². The topological polar surface area (TPSA) is 72.8 Å². The van der Waals surface area contributed by atoms with Gasteiger partial charge in [-0.2, -0.15) is 0 Å². The number of hydrogen-bond acceptors (Lipinski definition) is 4. The van der Waals surface area contributed by atoms with Crippen LogP contribution < -0.4 is 9.47 Å². The molecule has 0 aromatic heterocycles. The molecule has 0 saturated carbocycles. The van der Waals surface area contributed by atoms with Crippen LogP contribution in [0.15, 0.2) is 16.6 Å². The Morgan fingerprint density at radius 2 is 1.69 bits per heavy atom. The Morgan fingerprint density at radius 1 is 1.19 bits per heavy atom. The number of aliphatic carboxylic acids is 1. The summed E-state index contributed by atoms with van der Waals surface area (Å²) < 4.78 is 10.2. The number of methoxy groups -OCH3 is 2. The van der Waals surface area contributed by atoms with Crippen LogP contribution in [-0.4, -0.2) is 31.1 Å². The second-order valence-electron chi connectivity index (χ2n) is 2.79. The number of hydrogen-bond donors (Lipinski definition) is 1. The van der Waals surface area contributed by atoms with Crippen LogP contribution in [0.2, 0.25) is 0 Å². The van der Waals surface area contributed by atoms with Gasteiger partial charge in [0.1, 0.15) is 11.5 Å². The lowest BCUT2D eigenvalue weighted by atomic mass is 10.1. The molecule has 16 heavy (non-hydrogen) atoms. The van der Waals surface area contributed by atoms with Gasteiger partial charge in [-0.15, -0.1) is 0 Å². The lowest BCUT2D eigenvalue weighted by molar-refractivity contribution is -0.131. The molecule has 0 bridgehead atoms. The fraction of sp³-hybridized carbons (Fsp3) is 0.200. The molecule has 0 aliphatic carbocycles. The lowest BCUT2D eigenvalue weighted by Crippen LogP contribution is -2.15. The van der Waals surface area contributed by atoms with E-state index in [1.165, 1.54) is 20.3 Å². The summed E-state index contributed by atoms with van der Waals surface area (Å²) in [6.45, 7) is 0. The first-order chi connectivity index (χ1) is 7.52. The Bertz CT molecular complexity index is 441. The second-order valence-corrected chi connectivity index (χ2v) is 3.59. The van der Waals surface area contributed by atoms with Crippen molar-refractivity contribution in [1.29, 1.82) is 0 Å². The number of carboxylic acids is 1. The van der Waals surface area contributed by atoms with Crippen molar-refractivity contribution in [1.82, 2.24) is 0 Å². The third kappa shape index (κ3) is 2.16. The second kappa shape index (κ2) is 4.98. The van der Waals surface area contributed by atoms with Gasteiger partial charge in [0.25, 0.3) is 5.78 Å². The maximum absolute atomic E-state index is 11.4. The summed E-state index contributed by atoms with van der Waals surface area (Å²) in [4.78, 5) is 22.1. The number of carbonyl (C=O) groups excluding carboxylic acids is 1. The van der Waals surface area contributed by atoms with Crippen molar-refractivity contribution in [3.63, 3.8) is 0 Å². The van der Waals surface area contributed by atoms with Gasteiger partial charge in [-0.05, 0) is 28.1 Å². The van der Waals surface area contributed by atoms with Crippen molar-refractivity contribution < 1.29 is 24.2 Å². The molecule has 0 unspecified atom stereocenters. The zero-order chi connectivity index (χ0) is 12.3. The summed E-state index contributed by atoms with van der Waals surface area (Å²) in [5.74, 6) is -2.06. The molecule has 0 fully saturated rings. The predicted molar refractivity (Wildman–Crippen MR) is 59.2 cm³/mol. The van der Waals surface area contributed by atoms with Crippen LogP contribution in [0.3, 0.4) is 0 Å². The van der Waals surface area contributed by atoms with Crippen molar-refractivity contribution in [2.75, 3.05) is 14.2 Å². The van der Waals surface area contributed by atoms with Gasteiger partial charge in [0.2, 0.25) is 0 Å². The normalized spacial score (nSPS) is 9.69. The number of carboxylic acid groups (broad SMARTS) is 1. The highest BCUT2D eigenvalue weighted by Crippen LogP contribution is 2.35. The van der Waals surface area contributed by atoms with Crippen molar-refractivity contribution in [2.45, 2.75) is 0 Å². The molecule has 0 heterocycles. The van der Waals surface area contributed by atoms with Crippen LogP contribution in [0.4, 0.5) is 0 Å². The van der Waals surface area contributed by atoms with Gasteiger partial charge < -0.3 is 14.6 Å². The molecule has 1 rings (SSSR count). The quantitative estimate of drug-likeness (QED) is 0.675. The van der Waals surface area contributed by atoms with Gasteiger partial charge in [-0.1, -0.05) is 0 Å². The van der Waals surface area contributed by atoms with Crippen molar-refractivity contribution >= 4 is 27.7 Å². The van der Waals surface area contributed by atoms with Crippen molar-refractivity contribution in [3.05, 3.63) is 22.2 Å². The maximum Gasteiger partial charge on any atom is 0.377 e. The first-order valence-corrected chi connectivity index (χ1v) is 5.00. The van der Waals surface area contributed by atoms with Gasteiger partial charge >= 0.3 is 5.97 Å². The van der Waals surface area contributed by atoms with E-state index in [4.69, 9.17) is 14.6 Å². The molecular formula is C10H9BrO5. The minimum atomic E-state index is -1.55. The third-order valence-corrected chi connectivity index (χ3v) is 2.72. The molecule has 0 saturated heterocycles. The zero-order valence-corrected chi connectivity index (χ0v) is 10.2. The Hall–Kier alpha value is -1.56. The molecule has 0 spiro atoms. The Kier molecular flexibility index (Phi) is 3.89. The molecule has 1 N–H and O–H groups in total. The Labute approximate surface area is 100 Å². The van der Waals surface area contributed by atoms with Crippen LogP contribution in [0.5, 0.6) is 11.5 Å². The van der Waals surface area contributed by atoms with E-state index < -0.39 is 11.8 Å². The number of ketones is 1. The predicted octanol–water partition coefficient (Wildman–Crippen LogP) is 1.73. The van der Waals surface area contributed by atoms with Crippen LogP contribution in [0.25, 0.3) is 0 Å². The monoisotopic (exact) mass is 288 g/mol. The van der Waals surface area contributed by atoms with Gasteiger partial charge in [-0.25, -0.2) is 4.79 Å². The SMILES string of the molecule is COc1ccc(OC)c(C(=O)C(=O)O)c1Br.